The molecule has 2 nitrogen and oxygen atoms in total. The molecule has 0 aliphatic carbocycles. The van der Waals surface area contributed by atoms with Gasteiger partial charge in [-0.3, -0.25) is 0 Å². The van der Waals surface area contributed by atoms with Crippen LogP contribution in [0.4, 0.5) is 4.39 Å². The fourth-order valence-corrected chi connectivity index (χ4v) is 2.74. The maximum Gasteiger partial charge on any atom is 0.123 e. The van der Waals surface area contributed by atoms with Crippen LogP contribution in [0.1, 0.15) is 44.3 Å². The van der Waals surface area contributed by atoms with E-state index < -0.39 is 0 Å². The van der Waals surface area contributed by atoms with Crippen molar-refractivity contribution >= 4 is 0 Å². The lowest BCUT2D eigenvalue weighted by Gasteiger charge is -2.25. The number of hydrogen-bond donors (Lipinski definition) is 1. The number of furan rings is 1. The molecule has 0 saturated heterocycles. The average molecular weight is 290 g/mol. The number of aryl methyl sites for hydroxylation is 1. The summed E-state index contributed by atoms with van der Waals surface area (Å²) in [5.74, 6) is 1.82. The van der Waals surface area contributed by atoms with Crippen LogP contribution in [0.15, 0.2) is 40.8 Å². The van der Waals surface area contributed by atoms with Gasteiger partial charge in [0.15, 0.2) is 0 Å². The van der Waals surface area contributed by atoms with E-state index in [1.54, 1.807) is 0 Å². The van der Waals surface area contributed by atoms with Crippen molar-refractivity contribution in [3.63, 3.8) is 0 Å². The van der Waals surface area contributed by atoms with Gasteiger partial charge >= 0.3 is 0 Å². The molecule has 1 aromatic heterocycles. The Kier molecular flexibility index (Phi) is 4.84. The molecule has 0 spiro atoms. The first-order chi connectivity index (χ1) is 9.87. The highest BCUT2D eigenvalue weighted by atomic mass is 19.1. The summed E-state index contributed by atoms with van der Waals surface area (Å²) in [6.45, 7) is 9.50. The number of rotatable bonds is 6. The predicted octanol–water partition coefficient (Wildman–Crippen LogP) is 3.55. The SMILES string of the molecule is Cc1ccc(C(C)(C)C[C@@H](C)[NH2+]Cc2ccc(F)cc2)o1. The van der Waals surface area contributed by atoms with Crippen molar-refractivity contribution in [3.8, 4) is 0 Å². The number of quaternary nitrogens is 1. The topological polar surface area (TPSA) is 29.8 Å². The van der Waals surface area contributed by atoms with Crippen molar-refractivity contribution in [1.29, 1.82) is 0 Å². The molecule has 1 aromatic carbocycles. The minimum atomic E-state index is -0.180. The zero-order valence-corrected chi connectivity index (χ0v) is 13.3. The molecule has 2 rings (SSSR count). The van der Waals surface area contributed by atoms with E-state index in [1.807, 2.05) is 25.1 Å². The van der Waals surface area contributed by atoms with Gasteiger partial charge in [-0.2, -0.15) is 0 Å². The summed E-state index contributed by atoms with van der Waals surface area (Å²) in [7, 11) is 0. The van der Waals surface area contributed by atoms with Crippen LogP contribution in [0.3, 0.4) is 0 Å². The van der Waals surface area contributed by atoms with Gasteiger partial charge in [-0.1, -0.05) is 26.0 Å². The predicted molar refractivity (Wildman–Crippen MR) is 82.6 cm³/mol. The van der Waals surface area contributed by atoms with Gasteiger partial charge in [-0.15, -0.1) is 0 Å². The van der Waals surface area contributed by atoms with E-state index in [1.165, 1.54) is 12.1 Å². The highest BCUT2D eigenvalue weighted by Crippen LogP contribution is 2.29. The molecule has 2 aromatic rings. The molecule has 1 heterocycles. The van der Waals surface area contributed by atoms with Gasteiger partial charge in [0.1, 0.15) is 23.9 Å². The van der Waals surface area contributed by atoms with Crippen LogP contribution in [0, 0.1) is 12.7 Å². The highest BCUT2D eigenvalue weighted by Gasteiger charge is 2.27. The molecule has 0 radical (unpaired) electrons. The lowest BCUT2D eigenvalue weighted by atomic mass is 9.83. The van der Waals surface area contributed by atoms with E-state index in [2.05, 4.69) is 32.2 Å². The van der Waals surface area contributed by atoms with Crippen molar-refractivity contribution < 1.29 is 14.1 Å². The van der Waals surface area contributed by atoms with E-state index in [-0.39, 0.29) is 11.2 Å². The van der Waals surface area contributed by atoms with Gasteiger partial charge in [0.2, 0.25) is 0 Å². The Labute approximate surface area is 126 Å². The molecule has 114 valence electrons. The average Bonchev–Trinajstić information content (AvgIpc) is 2.85. The lowest BCUT2D eigenvalue weighted by Crippen LogP contribution is -2.88. The van der Waals surface area contributed by atoms with Gasteiger partial charge in [0, 0.05) is 17.4 Å². The summed E-state index contributed by atoms with van der Waals surface area (Å²) < 4.78 is 18.6. The monoisotopic (exact) mass is 290 g/mol. The second-order valence-corrected chi connectivity index (χ2v) is 6.54. The fraction of sp³-hybridized carbons (Fsp3) is 0.444. The summed E-state index contributed by atoms with van der Waals surface area (Å²) in [6, 6.07) is 11.3. The van der Waals surface area contributed by atoms with Crippen molar-refractivity contribution in [1.82, 2.24) is 0 Å². The lowest BCUT2D eigenvalue weighted by molar-refractivity contribution is -0.702. The Hall–Kier alpha value is -1.61. The third kappa shape index (κ3) is 4.43. The van der Waals surface area contributed by atoms with Crippen LogP contribution < -0.4 is 5.32 Å². The molecule has 0 amide bonds. The van der Waals surface area contributed by atoms with Crippen LogP contribution in [0.25, 0.3) is 0 Å². The van der Waals surface area contributed by atoms with Crippen molar-refractivity contribution in [2.45, 2.75) is 52.1 Å². The second-order valence-electron chi connectivity index (χ2n) is 6.54. The third-order valence-corrected chi connectivity index (χ3v) is 3.91. The molecule has 2 N–H and O–H groups in total. The molecule has 0 aliphatic rings. The Balaban J connectivity index is 1.89. The van der Waals surface area contributed by atoms with Gasteiger partial charge in [-0.25, -0.2) is 4.39 Å². The number of benzene rings is 1. The first kappa shape index (κ1) is 15.8. The summed E-state index contributed by atoms with van der Waals surface area (Å²) in [6.07, 6.45) is 1.03. The zero-order valence-electron chi connectivity index (χ0n) is 13.3. The van der Waals surface area contributed by atoms with Gasteiger partial charge in [-0.05, 0) is 38.1 Å². The minimum absolute atomic E-state index is 0.0208. The van der Waals surface area contributed by atoms with Crippen LogP contribution >= 0.6 is 0 Å². The number of hydrogen-bond acceptors (Lipinski definition) is 1. The number of halogens is 1. The third-order valence-electron chi connectivity index (χ3n) is 3.91. The summed E-state index contributed by atoms with van der Waals surface area (Å²) in [5, 5.41) is 2.30. The van der Waals surface area contributed by atoms with Crippen molar-refractivity contribution in [2.75, 3.05) is 0 Å². The molecular formula is C18H25FNO+. The molecule has 0 bridgehead atoms. The molecule has 3 heteroatoms. The zero-order chi connectivity index (χ0) is 15.5. The highest BCUT2D eigenvalue weighted by molar-refractivity contribution is 5.15. The first-order valence-corrected chi connectivity index (χ1v) is 7.51. The molecular weight excluding hydrogens is 265 g/mol. The summed E-state index contributed by atoms with van der Waals surface area (Å²) >= 11 is 0. The van der Waals surface area contributed by atoms with Crippen LogP contribution in [-0.4, -0.2) is 6.04 Å². The van der Waals surface area contributed by atoms with Crippen molar-refractivity contribution in [2.24, 2.45) is 0 Å². The van der Waals surface area contributed by atoms with Gasteiger partial charge < -0.3 is 9.73 Å². The van der Waals surface area contributed by atoms with Gasteiger partial charge in [0.05, 0.1) is 6.04 Å². The first-order valence-electron chi connectivity index (χ1n) is 7.51. The second kappa shape index (κ2) is 6.44. The Morgan fingerprint density at radius 3 is 2.38 bits per heavy atom. The van der Waals surface area contributed by atoms with E-state index in [9.17, 15) is 4.39 Å². The maximum absolute atomic E-state index is 12.9. The van der Waals surface area contributed by atoms with Crippen LogP contribution in [-0.2, 0) is 12.0 Å². The smallest absolute Gasteiger partial charge is 0.123 e. The van der Waals surface area contributed by atoms with E-state index >= 15 is 0 Å². The van der Waals surface area contributed by atoms with E-state index in [0.717, 1.165) is 30.0 Å². The van der Waals surface area contributed by atoms with E-state index in [4.69, 9.17) is 4.42 Å². The Bertz CT molecular complexity index is 571. The normalized spacial score (nSPS) is 13.4. The largest absolute Gasteiger partial charge is 0.466 e. The maximum atomic E-state index is 12.9. The molecule has 0 saturated carbocycles. The quantitative estimate of drug-likeness (QED) is 0.866. The molecule has 0 unspecified atom stereocenters. The fourth-order valence-electron chi connectivity index (χ4n) is 2.74. The standard InChI is InChI=1S/C18H24FNO/c1-13(20-12-15-6-8-16(19)9-7-15)11-18(3,4)17-10-5-14(2)21-17/h5-10,13,20H,11-12H2,1-4H3/p+1/t13-/m1/s1. The van der Waals surface area contributed by atoms with Crippen molar-refractivity contribution in [3.05, 3.63) is 59.3 Å². The molecule has 21 heavy (non-hydrogen) atoms. The van der Waals surface area contributed by atoms with Crippen LogP contribution in [0.2, 0.25) is 0 Å². The van der Waals surface area contributed by atoms with E-state index in [0.29, 0.717) is 6.04 Å². The van der Waals surface area contributed by atoms with Gasteiger partial charge in [0.25, 0.3) is 0 Å². The molecule has 0 fully saturated rings. The Morgan fingerprint density at radius 2 is 1.81 bits per heavy atom. The summed E-state index contributed by atoms with van der Waals surface area (Å²) in [5.41, 5.74) is 1.17. The number of nitrogens with two attached hydrogens (primary N) is 1. The Morgan fingerprint density at radius 1 is 1.14 bits per heavy atom. The summed E-state index contributed by atoms with van der Waals surface area (Å²) in [4.78, 5) is 0. The molecule has 1 atom stereocenters. The minimum Gasteiger partial charge on any atom is -0.466 e. The van der Waals surface area contributed by atoms with Crippen LogP contribution in [0.5, 0.6) is 0 Å². The molecule has 0 aliphatic heterocycles.